The quantitative estimate of drug-likeness (QED) is 0.754. The Morgan fingerprint density at radius 3 is 3.17 bits per heavy atom. The second kappa shape index (κ2) is 6.90. The van der Waals surface area contributed by atoms with Crippen molar-refractivity contribution in [2.24, 2.45) is 5.92 Å². The topological polar surface area (TPSA) is 44.0 Å². The van der Waals surface area contributed by atoms with Crippen molar-refractivity contribution < 1.29 is 0 Å². The van der Waals surface area contributed by atoms with Gasteiger partial charge in [-0.05, 0) is 70.8 Å². The summed E-state index contributed by atoms with van der Waals surface area (Å²) in [5, 5.41) is 10.6. The molecule has 2 rings (SSSR count). The number of rotatable bonds is 6. The molecular weight excluding hydrogens is 224 g/mol. The third-order valence-corrected chi connectivity index (χ3v) is 3.89. The molecule has 0 radical (unpaired) electrons. The molecule has 1 unspecified atom stereocenters. The molecule has 0 amide bonds. The first-order chi connectivity index (χ1) is 8.75. The molecule has 0 spiro atoms. The Balaban J connectivity index is 1.55. The third kappa shape index (κ3) is 4.10. The highest BCUT2D eigenvalue weighted by Gasteiger charge is 2.16. The molecule has 1 aliphatic heterocycles. The van der Waals surface area contributed by atoms with Gasteiger partial charge in [0.05, 0.1) is 6.20 Å². The predicted octanol–water partition coefficient (Wildman–Crippen LogP) is 1.58. The maximum absolute atomic E-state index is 4.05. The van der Waals surface area contributed by atoms with Crippen molar-refractivity contribution in [3.05, 3.63) is 17.5 Å². The molecule has 18 heavy (non-hydrogen) atoms. The first-order valence-electron chi connectivity index (χ1n) is 7.14. The molecule has 0 saturated carbocycles. The van der Waals surface area contributed by atoms with E-state index >= 15 is 0 Å². The largest absolute Gasteiger partial charge is 0.316 e. The van der Waals surface area contributed by atoms with Crippen LogP contribution in [0.2, 0.25) is 0 Å². The number of hydrogen-bond acceptors (Lipinski definition) is 3. The van der Waals surface area contributed by atoms with E-state index in [0.29, 0.717) is 0 Å². The van der Waals surface area contributed by atoms with Crippen LogP contribution in [0.15, 0.2) is 6.20 Å². The van der Waals surface area contributed by atoms with Crippen LogP contribution in [-0.4, -0.2) is 48.3 Å². The molecule has 1 saturated heterocycles. The minimum absolute atomic E-state index is 0.847. The van der Waals surface area contributed by atoms with Crippen molar-refractivity contribution in [1.82, 2.24) is 20.4 Å². The zero-order valence-corrected chi connectivity index (χ0v) is 11.7. The molecule has 4 nitrogen and oxygen atoms in total. The Morgan fingerprint density at radius 2 is 2.44 bits per heavy atom. The van der Waals surface area contributed by atoms with Crippen LogP contribution < -0.4 is 5.32 Å². The molecule has 1 fully saturated rings. The molecule has 0 bridgehead atoms. The number of aromatic amines is 1. The maximum Gasteiger partial charge on any atom is 0.0522 e. The highest BCUT2D eigenvalue weighted by molar-refractivity contribution is 5.14. The number of nitrogens with zero attached hydrogens (tertiary/aromatic N) is 2. The number of H-pyrrole nitrogens is 1. The summed E-state index contributed by atoms with van der Waals surface area (Å²) in [5.41, 5.74) is 2.57. The van der Waals surface area contributed by atoms with Gasteiger partial charge < -0.3 is 10.2 Å². The van der Waals surface area contributed by atoms with Crippen molar-refractivity contribution in [2.75, 3.05) is 33.2 Å². The minimum Gasteiger partial charge on any atom is -0.316 e. The van der Waals surface area contributed by atoms with Crippen LogP contribution in [0.3, 0.4) is 0 Å². The highest BCUT2D eigenvalue weighted by Crippen LogP contribution is 2.13. The molecule has 1 aromatic heterocycles. The Morgan fingerprint density at radius 1 is 1.56 bits per heavy atom. The van der Waals surface area contributed by atoms with Crippen LogP contribution in [-0.2, 0) is 6.42 Å². The summed E-state index contributed by atoms with van der Waals surface area (Å²) in [5.74, 6) is 0.847. The van der Waals surface area contributed by atoms with E-state index < -0.39 is 0 Å². The van der Waals surface area contributed by atoms with Crippen LogP contribution >= 0.6 is 0 Å². The minimum atomic E-state index is 0.847. The first kappa shape index (κ1) is 13.6. The Bertz CT molecular complexity index is 347. The van der Waals surface area contributed by atoms with Gasteiger partial charge in [-0.15, -0.1) is 0 Å². The monoisotopic (exact) mass is 250 g/mol. The second-order valence-corrected chi connectivity index (χ2v) is 5.60. The number of aromatic nitrogens is 2. The summed E-state index contributed by atoms with van der Waals surface area (Å²) in [6, 6.07) is 0. The molecule has 4 heteroatoms. The van der Waals surface area contributed by atoms with E-state index in [1.807, 2.05) is 6.20 Å². The van der Waals surface area contributed by atoms with Crippen molar-refractivity contribution in [3.8, 4) is 0 Å². The van der Waals surface area contributed by atoms with Crippen LogP contribution in [0.1, 0.15) is 30.5 Å². The average molecular weight is 250 g/mol. The fourth-order valence-electron chi connectivity index (χ4n) is 2.78. The lowest BCUT2D eigenvalue weighted by atomic mass is 9.98. The summed E-state index contributed by atoms with van der Waals surface area (Å²) >= 11 is 0. The molecule has 2 heterocycles. The summed E-state index contributed by atoms with van der Waals surface area (Å²) in [4.78, 5) is 2.45. The van der Waals surface area contributed by atoms with Crippen LogP contribution in [0, 0.1) is 12.8 Å². The first-order valence-corrected chi connectivity index (χ1v) is 7.14. The second-order valence-electron chi connectivity index (χ2n) is 5.60. The van der Waals surface area contributed by atoms with Crippen molar-refractivity contribution in [3.63, 3.8) is 0 Å². The SMILES string of the molecule is Cc1[nH]ncc1CCCNCC1CCCN(C)C1. The summed E-state index contributed by atoms with van der Waals surface area (Å²) in [7, 11) is 2.23. The van der Waals surface area contributed by atoms with Crippen molar-refractivity contribution >= 4 is 0 Å². The Kier molecular flexibility index (Phi) is 5.20. The molecule has 1 atom stereocenters. The van der Waals surface area contributed by atoms with Gasteiger partial charge in [0.25, 0.3) is 0 Å². The van der Waals surface area contributed by atoms with Crippen molar-refractivity contribution in [1.29, 1.82) is 0 Å². The lowest BCUT2D eigenvalue weighted by Gasteiger charge is -2.29. The average Bonchev–Trinajstić information content (AvgIpc) is 2.75. The Hall–Kier alpha value is -0.870. The molecule has 102 valence electrons. The van der Waals surface area contributed by atoms with E-state index in [9.17, 15) is 0 Å². The number of aryl methyl sites for hydroxylation is 2. The van der Waals surface area contributed by atoms with E-state index in [2.05, 4.69) is 34.4 Å². The fourth-order valence-corrected chi connectivity index (χ4v) is 2.78. The lowest BCUT2D eigenvalue weighted by molar-refractivity contribution is 0.206. The van der Waals surface area contributed by atoms with Crippen LogP contribution in [0.25, 0.3) is 0 Å². The number of likely N-dealkylation sites (tertiary alicyclic amines) is 1. The normalized spacial score (nSPS) is 21.3. The zero-order chi connectivity index (χ0) is 12.8. The summed E-state index contributed by atoms with van der Waals surface area (Å²) in [6.45, 7) is 6.91. The summed E-state index contributed by atoms with van der Waals surface area (Å²) in [6.07, 6.45) is 7.02. The zero-order valence-electron chi connectivity index (χ0n) is 11.7. The van der Waals surface area contributed by atoms with Gasteiger partial charge >= 0.3 is 0 Å². The number of hydrogen-bond donors (Lipinski definition) is 2. The van der Waals surface area contributed by atoms with Gasteiger partial charge in [-0.2, -0.15) is 5.10 Å². The number of nitrogens with one attached hydrogen (secondary N) is 2. The van der Waals surface area contributed by atoms with E-state index in [1.54, 1.807) is 0 Å². The van der Waals surface area contributed by atoms with Gasteiger partial charge in [0.1, 0.15) is 0 Å². The fraction of sp³-hybridized carbons (Fsp3) is 0.786. The summed E-state index contributed by atoms with van der Waals surface area (Å²) < 4.78 is 0. The van der Waals surface area contributed by atoms with Gasteiger partial charge in [-0.1, -0.05) is 0 Å². The molecule has 2 N–H and O–H groups in total. The van der Waals surface area contributed by atoms with E-state index in [0.717, 1.165) is 18.9 Å². The van der Waals surface area contributed by atoms with Crippen LogP contribution in [0.5, 0.6) is 0 Å². The molecule has 1 aromatic rings. The predicted molar refractivity (Wildman–Crippen MR) is 74.7 cm³/mol. The molecule has 0 aliphatic carbocycles. The standard InChI is InChI=1S/C14H26N4/c1-12-14(10-16-17-12)6-3-7-15-9-13-5-4-8-18(2)11-13/h10,13,15H,3-9,11H2,1-2H3,(H,16,17). The number of piperidine rings is 1. The smallest absolute Gasteiger partial charge is 0.0522 e. The lowest BCUT2D eigenvalue weighted by Crippen LogP contribution is -2.37. The van der Waals surface area contributed by atoms with Gasteiger partial charge in [-0.3, -0.25) is 5.10 Å². The van der Waals surface area contributed by atoms with Gasteiger partial charge in [0, 0.05) is 12.2 Å². The maximum atomic E-state index is 4.05. The van der Waals surface area contributed by atoms with E-state index in [-0.39, 0.29) is 0 Å². The van der Waals surface area contributed by atoms with E-state index in [4.69, 9.17) is 0 Å². The highest BCUT2D eigenvalue weighted by atomic mass is 15.1. The van der Waals surface area contributed by atoms with Gasteiger partial charge in [0.15, 0.2) is 0 Å². The third-order valence-electron chi connectivity index (χ3n) is 3.89. The van der Waals surface area contributed by atoms with E-state index in [1.165, 1.54) is 50.2 Å². The van der Waals surface area contributed by atoms with Gasteiger partial charge in [-0.25, -0.2) is 0 Å². The van der Waals surface area contributed by atoms with Gasteiger partial charge in [0.2, 0.25) is 0 Å². The molecule has 0 aromatic carbocycles. The molecule has 1 aliphatic rings. The van der Waals surface area contributed by atoms with Crippen LogP contribution in [0.4, 0.5) is 0 Å². The molecular formula is C14H26N4. The van der Waals surface area contributed by atoms with Crippen molar-refractivity contribution in [2.45, 2.75) is 32.6 Å². The Labute approximate surface area is 110 Å².